The van der Waals surface area contributed by atoms with Crippen molar-refractivity contribution in [2.75, 3.05) is 18.5 Å². The fourth-order valence-corrected chi connectivity index (χ4v) is 2.18. The summed E-state index contributed by atoms with van der Waals surface area (Å²) in [6.45, 7) is 5.58. The third-order valence-electron chi connectivity index (χ3n) is 3.36. The number of ether oxygens (including phenoxy) is 1. The van der Waals surface area contributed by atoms with E-state index in [4.69, 9.17) is 20.4 Å². The Morgan fingerprint density at radius 1 is 1.54 bits per heavy atom. The maximum absolute atomic E-state index is 14.1. The van der Waals surface area contributed by atoms with E-state index in [0.29, 0.717) is 17.1 Å². The molecule has 1 aromatic rings. The zero-order chi connectivity index (χ0) is 18.3. The predicted molar refractivity (Wildman–Crippen MR) is 88.4 cm³/mol. The van der Waals surface area contributed by atoms with Crippen LogP contribution in [0.2, 0.25) is 0 Å². The average Bonchev–Trinajstić information content (AvgIpc) is 2.49. The van der Waals surface area contributed by atoms with Gasteiger partial charge in [-0.1, -0.05) is 13.8 Å². The molecule has 0 aromatic heterocycles. The van der Waals surface area contributed by atoms with Crippen LogP contribution in [0.15, 0.2) is 23.2 Å². The fourth-order valence-electron chi connectivity index (χ4n) is 2.18. The van der Waals surface area contributed by atoms with E-state index < -0.39 is 11.4 Å². The third kappa shape index (κ3) is 5.02. The summed E-state index contributed by atoms with van der Waals surface area (Å²) in [4.78, 5) is 24.4. The molecule has 0 aliphatic carbocycles. The van der Waals surface area contributed by atoms with Crippen LogP contribution in [-0.4, -0.2) is 36.5 Å². The normalized spacial score (nSPS) is 19.8. The van der Waals surface area contributed by atoms with Crippen molar-refractivity contribution >= 4 is 23.9 Å². The van der Waals surface area contributed by atoms with E-state index in [1.165, 1.54) is 12.1 Å². The van der Waals surface area contributed by atoms with Crippen LogP contribution in [0.4, 0.5) is 10.1 Å². The predicted octanol–water partition coefficient (Wildman–Crippen LogP) is 1.72. The molecule has 2 rings (SSSR count). The second-order valence-electron chi connectivity index (χ2n) is 5.81. The van der Waals surface area contributed by atoms with Crippen LogP contribution >= 0.6 is 0 Å². The summed E-state index contributed by atoms with van der Waals surface area (Å²) in [5, 5.41) is 9.64. The van der Waals surface area contributed by atoms with Gasteiger partial charge < -0.3 is 20.9 Å². The van der Waals surface area contributed by atoms with Crippen molar-refractivity contribution in [2.45, 2.75) is 26.3 Å². The minimum atomic E-state index is -0.884. The van der Waals surface area contributed by atoms with Crippen LogP contribution in [0.5, 0.6) is 0 Å². The number of carbonyl (C=O) groups excluding carboxylic acids is 1. The number of aliphatic imine (C=N–C) groups is 1. The van der Waals surface area contributed by atoms with Gasteiger partial charge in [0.25, 0.3) is 6.47 Å². The number of nitrogens with two attached hydrogens (primary N) is 1. The zero-order valence-corrected chi connectivity index (χ0v) is 13.9. The topological polar surface area (TPSA) is 114 Å². The molecule has 1 aliphatic rings. The van der Waals surface area contributed by atoms with Crippen molar-refractivity contribution < 1.29 is 23.8 Å². The van der Waals surface area contributed by atoms with E-state index in [1.54, 1.807) is 26.8 Å². The summed E-state index contributed by atoms with van der Waals surface area (Å²) in [5.41, 5.74) is 5.69. The molecule has 0 saturated carbocycles. The molecule has 0 saturated heterocycles. The van der Waals surface area contributed by atoms with Gasteiger partial charge >= 0.3 is 0 Å². The average molecular weight is 339 g/mol. The number of halogens is 1. The molecule has 8 heteroatoms. The number of nitrogens with one attached hydrogen (secondary N) is 1. The highest BCUT2D eigenvalue weighted by molar-refractivity contribution is 5.92. The maximum Gasteiger partial charge on any atom is 0.290 e. The largest absolute Gasteiger partial charge is 0.483 e. The van der Waals surface area contributed by atoms with E-state index in [1.807, 2.05) is 0 Å². The third-order valence-corrected chi connectivity index (χ3v) is 3.36. The van der Waals surface area contributed by atoms with Crippen molar-refractivity contribution in [3.63, 3.8) is 0 Å². The quantitative estimate of drug-likeness (QED) is 0.726. The van der Waals surface area contributed by atoms with Gasteiger partial charge in [-0.05, 0) is 25.1 Å². The Morgan fingerprint density at radius 2 is 2.17 bits per heavy atom. The molecule has 4 N–H and O–H groups in total. The van der Waals surface area contributed by atoms with Gasteiger partial charge in [0.1, 0.15) is 23.8 Å². The Kier molecular flexibility index (Phi) is 6.84. The van der Waals surface area contributed by atoms with E-state index in [0.717, 1.165) is 0 Å². The van der Waals surface area contributed by atoms with Gasteiger partial charge in [-0.15, -0.1) is 0 Å². The first kappa shape index (κ1) is 19.6. The summed E-state index contributed by atoms with van der Waals surface area (Å²) in [6, 6.07) is 4.43. The first-order chi connectivity index (χ1) is 11.2. The number of hydrogen-bond acceptors (Lipinski definition) is 5. The van der Waals surface area contributed by atoms with Crippen molar-refractivity contribution in [3.8, 4) is 0 Å². The molecular weight excluding hydrogens is 317 g/mol. The number of amidine groups is 1. The lowest BCUT2D eigenvalue weighted by Crippen LogP contribution is -2.38. The van der Waals surface area contributed by atoms with Crippen LogP contribution in [0.1, 0.15) is 26.3 Å². The number of nitrogens with zero attached hydrogens (tertiary/aromatic N) is 1. The van der Waals surface area contributed by atoms with Crippen molar-refractivity contribution in [2.24, 2.45) is 16.6 Å². The van der Waals surface area contributed by atoms with E-state index in [-0.39, 0.29) is 31.5 Å². The molecule has 1 atom stereocenters. The van der Waals surface area contributed by atoms with Crippen LogP contribution < -0.4 is 11.1 Å². The molecular formula is C16H22FN3O4. The van der Waals surface area contributed by atoms with Gasteiger partial charge in [0.05, 0.1) is 6.61 Å². The first-order valence-corrected chi connectivity index (χ1v) is 7.34. The highest BCUT2D eigenvalue weighted by atomic mass is 19.1. The molecule has 132 valence electrons. The first-order valence-electron chi connectivity index (χ1n) is 7.34. The molecule has 24 heavy (non-hydrogen) atoms. The molecule has 1 heterocycles. The number of carboxylic acid groups (broad SMARTS) is 1. The molecule has 7 nitrogen and oxygen atoms in total. The Bertz CT molecular complexity index is 634. The number of amides is 1. The van der Waals surface area contributed by atoms with Gasteiger partial charge in [0.15, 0.2) is 0 Å². The van der Waals surface area contributed by atoms with Gasteiger partial charge in [0, 0.05) is 17.2 Å². The number of anilines is 1. The maximum atomic E-state index is 14.1. The minimum absolute atomic E-state index is 0.124. The number of hydrogen-bond donors (Lipinski definition) is 3. The van der Waals surface area contributed by atoms with Gasteiger partial charge in [-0.3, -0.25) is 14.6 Å². The van der Waals surface area contributed by atoms with Crippen LogP contribution in [-0.2, 0) is 19.9 Å². The van der Waals surface area contributed by atoms with Crippen LogP contribution in [0.25, 0.3) is 0 Å². The summed E-state index contributed by atoms with van der Waals surface area (Å²) in [6.07, 6.45) is 0. The highest BCUT2D eigenvalue weighted by Crippen LogP contribution is 2.32. The Morgan fingerprint density at radius 3 is 2.71 bits per heavy atom. The van der Waals surface area contributed by atoms with Crippen molar-refractivity contribution in [1.82, 2.24) is 0 Å². The van der Waals surface area contributed by atoms with Crippen molar-refractivity contribution in [1.29, 1.82) is 0 Å². The van der Waals surface area contributed by atoms with E-state index >= 15 is 0 Å². The Labute approximate surface area is 139 Å². The SMILES string of the molecule is CC(C)C(=O)Nc1ccc(F)c(C2(C)COCC(N)=N2)c1.O=CO. The second kappa shape index (κ2) is 8.39. The molecule has 1 amide bonds. The monoisotopic (exact) mass is 339 g/mol. The number of rotatable bonds is 3. The lowest BCUT2D eigenvalue weighted by molar-refractivity contribution is -0.123. The standard InChI is InChI=1S/C15H20FN3O2.CH2O2/c1-9(2)14(20)18-10-4-5-12(16)11(6-10)15(3)8-21-7-13(17)19-15;2-1-3/h4-6,9H,7-8H2,1-3H3,(H2,17,19)(H,18,20);1H,(H,2,3). The molecule has 0 radical (unpaired) electrons. The Hall–Kier alpha value is -2.48. The molecule has 0 fully saturated rings. The lowest BCUT2D eigenvalue weighted by Gasteiger charge is -2.30. The fraction of sp³-hybridized carbons (Fsp3) is 0.438. The summed E-state index contributed by atoms with van der Waals surface area (Å²) in [7, 11) is 0. The number of carbonyl (C=O) groups is 2. The van der Waals surface area contributed by atoms with E-state index in [9.17, 15) is 9.18 Å². The minimum Gasteiger partial charge on any atom is -0.483 e. The van der Waals surface area contributed by atoms with Gasteiger partial charge in [0.2, 0.25) is 5.91 Å². The molecule has 1 aromatic carbocycles. The summed E-state index contributed by atoms with van der Waals surface area (Å²) >= 11 is 0. The summed E-state index contributed by atoms with van der Waals surface area (Å²) in [5.74, 6) is -0.344. The smallest absolute Gasteiger partial charge is 0.290 e. The van der Waals surface area contributed by atoms with Crippen LogP contribution in [0.3, 0.4) is 0 Å². The molecule has 1 unspecified atom stereocenters. The van der Waals surface area contributed by atoms with Gasteiger partial charge in [-0.2, -0.15) is 0 Å². The molecule has 1 aliphatic heterocycles. The highest BCUT2D eigenvalue weighted by Gasteiger charge is 2.32. The Balaban J connectivity index is 0.000000891. The zero-order valence-electron chi connectivity index (χ0n) is 13.9. The van der Waals surface area contributed by atoms with E-state index in [2.05, 4.69) is 10.3 Å². The molecule has 0 bridgehead atoms. The number of benzene rings is 1. The van der Waals surface area contributed by atoms with Crippen LogP contribution in [0, 0.1) is 11.7 Å². The summed E-state index contributed by atoms with van der Waals surface area (Å²) < 4.78 is 19.5. The van der Waals surface area contributed by atoms with Crippen molar-refractivity contribution in [3.05, 3.63) is 29.6 Å². The second-order valence-corrected chi connectivity index (χ2v) is 5.81. The lowest BCUT2D eigenvalue weighted by atomic mass is 9.91. The molecule has 0 spiro atoms. The van der Waals surface area contributed by atoms with Gasteiger partial charge in [-0.25, -0.2) is 4.39 Å².